The lowest BCUT2D eigenvalue weighted by Crippen LogP contribution is -2.54. The molecule has 0 amide bonds. The highest BCUT2D eigenvalue weighted by Gasteiger charge is 2.44. The van der Waals surface area contributed by atoms with Gasteiger partial charge >= 0.3 is 0 Å². The van der Waals surface area contributed by atoms with E-state index in [0.29, 0.717) is 5.54 Å². The zero-order valence-corrected chi connectivity index (χ0v) is 15.6. The van der Waals surface area contributed by atoms with Crippen molar-refractivity contribution in [1.29, 1.82) is 0 Å². The molecule has 2 fully saturated rings. The molecule has 0 aromatic carbocycles. The summed E-state index contributed by atoms with van der Waals surface area (Å²) in [5.41, 5.74) is 1.35. The molecule has 0 aliphatic heterocycles. The maximum Gasteiger partial charge on any atom is 0.177 e. The van der Waals surface area contributed by atoms with Crippen LogP contribution in [0.15, 0.2) is 28.1 Å². The van der Waals surface area contributed by atoms with Crippen LogP contribution in [0.25, 0.3) is 10.6 Å². The number of rotatable bonds is 5. The van der Waals surface area contributed by atoms with Gasteiger partial charge in [0.05, 0.1) is 10.6 Å². The molecule has 2 aromatic rings. The molecule has 130 valence electrons. The Kier molecular flexibility index (Phi) is 4.52. The van der Waals surface area contributed by atoms with Crippen LogP contribution in [-0.2, 0) is 6.54 Å². The van der Waals surface area contributed by atoms with Gasteiger partial charge in [-0.1, -0.05) is 31.5 Å². The second-order valence-electron chi connectivity index (χ2n) is 8.12. The molecular weight excluding hydrogens is 316 g/mol. The average Bonchev–Trinajstić information content (AvgIpc) is 3.23. The molecule has 3 nitrogen and oxygen atoms in total. The third-order valence-corrected chi connectivity index (χ3v) is 6.93. The highest BCUT2D eigenvalue weighted by Crippen LogP contribution is 2.48. The van der Waals surface area contributed by atoms with Crippen LogP contribution in [0.3, 0.4) is 0 Å². The van der Waals surface area contributed by atoms with Crippen molar-refractivity contribution in [2.24, 2.45) is 17.8 Å². The van der Waals surface area contributed by atoms with Crippen molar-refractivity contribution >= 4 is 11.3 Å². The highest BCUT2D eigenvalue weighted by atomic mass is 32.1. The van der Waals surface area contributed by atoms with E-state index < -0.39 is 0 Å². The lowest BCUT2D eigenvalue weighted by atomic mass is 9.60. The van der Waals surface area contributed by atoms with E-state index >= 15 is 0 Å². The van der Waals surface area contributed by atoms with Gasteiger partial charge in [-0.05, 0) is 61.3 Å². The van der Waals surface area contributed by atoms with Gasteiger partial charge in [-0.3, -0.25) is 0 Å². The van der Waals surface area contributed by atoms with E-state index in [9.17, 15) is 0 Å². The SMILES string of the molecule is CCC1CC2CC(C)CC(NCc3cc(-c4cccs4)on3)(C1)C2. The largest absolute Gasteiger partial charge is 0.355 e. The van der Waals surface area contributed by atoms with E-state index in [2.05, 4.69) is 47.9 Å². The quantitative estimate of drug-likeness (QED) is 0.779. The van der Waals surface area contributed by atoms with Gasteiger partial charge in [0.25, 0.3) is 0 Å². The fraction of sp³-hybridized carbons (Fsp3) is 0.650. The van der Waals surface area contributed by atoms with Gasteiger partial charge in [0.15, 0.2) is 5.76 Å². The van der Waals surface area contributed by atoms with Crippen molar-refractivity contribution in [3.05, 3.63) is 29.3 Å². The normalized spacial score (nSPS) is 32.8. The average molecular weight is 345 g/mol. The first kappa shape index (κ1) is 16.3. The lowest BCUT2D eigenvalue weighted by Gasteiger charge is -2.51. The van der Waals surface area contributed by atoms with E-state index in [-0.39, 0.29) is 0 Å². The summed E-state index contributed by atoms with van der Waals surface area (Å²) >= 11 is 1.70. The molecule has 2 heterocycles. The number of fused-ring (bicyclic) bond motifs is 2. The summed E-state index contributed by atoms with van der Waals surface area (Å²) in [5.74, 6) is 3.54. The molecule has 0 radical (unpaired) electrons. The molecule has 1 N–H and O–H groups in total. The smallest absolute Gasteiger partial charge is 0.177 e. The van der Waals surface area contributed by atoms with Gasteiger partial charge in [0.1, 0.15) is 0 Å². The summed E-state index contributed by atoms with van der Waals surface area (Å²) in [5, 5.41) is 10.3. The monoisotopic (exact) mass is 344 g/mol. The van der Waals surface area contributed by atoms with Crippen LogP contribution in [0.5, 0.6) is 0 Å². The second-order valence-corrected chi connectivity index (χ2v) is 9.07. The number of hydrogen-bond donors (Lipinski definition) is 1. The van der Waals surface area contributed by atoms with E-state index in [1.807, 2.05) is 0 Å². The van der Waals surface area contributed by atoms with Gasteiger partial charge in [-0.15, -0.1) is 11.3 Å². The Bertz CT molecular complexity index is 661. The molecule has 4 heteroatoms. The van der Waals surface area contributed by atoms with Crippen LogP contribution in [0.1, 0.15) is 58.1 Å². The zero-order chi connectivity index (χ0) is 16.6. The maximum absolute atomic E-state index is 5.53. The van der Waals surface area contributed by atoms with Crippen molar-refractivity contribution in [2.45, 2.75) is 64.5 Å². The standard InChI is InChI=1S/C20H28N2OS/c1-3-15-8-16-7-14(2)10-20(11-15,12-16)21-13-17-9-18(23-22-17)19-5-4-6-24-19/h4-6,9,14-16,21H,3,7-8,10-13H2,1-2H3. The van der Waals surface area contributed by atoms with Crippen LogP contribution in [-0.4, -0.2) is 10.7 Å². The molecular formula is C20H28N2OS. The third kappa shape index (κ3) is 3.31. The van der Waals surface area contributed by atoms with Gasteiger partial charge in [-0.25, -0.2) is 0 Å². The molecule has 2 aromatic heterocycles. The summed E-state index contributed by atoms with van der Waals surface area (Å²) in [6.07, 6.45) is 8.18. The van der Waals surface area contributed by atoms with Gasteiger partial charge in [-0.2, -0.15) is 0 Å². The highest BCUT2D eigenvalue weighted by molar-refractivity contribution is 7.13. The summed E-state index contributed by atoms with van der Waals surface area (Å²) < 4.78 is 5.53. The van der Waals surface area contributed by atoms with Crippen LogP contribution in [0.2, 0.25) is 0 Å². The Hall–Kier alpha value is -1.13. The van der Waals surface area contributed by atoms with Crippen molar-refractivity contribution in [3.8, 4) is 10.6 Å². The Morgan fingerprint density at radius 1 is 1.33 bits per heavy atom. The Morgan fingerprint density at radius 2 is 2.25 bits per heavy atom. The summed E-state index contributed by atoms with van der Waals surface area (Å²) in [7, 11) is 0. The number of hydrogen-bond acceptors (Lipinski definition) is 4. The molecule has 24 heavy (non-hydrogen) atoms. The predicted octanol–water partition coefficient (Wildman–Crippen LogP) is 5.49. The summed E-state index contributed by atoms with van der Waals surface area (Å²) in [4.78, 5) is 1.15. The number of nitrogens with one attached hydrogen (secondary N) is 1. The molecule has 4 atom stereocenters. The minimum Gasteiger partial charge on any atom is -0.355 e. The molecule has 0 saturated heterocycles. The van der Waals surface area contributed by atoms with Crippen LogP contribution >= 0.6 is 11.3 Å². The van der Waals surface area contributed by atoms with Crippen LogP contribution in [0.4, 0.5) is 0 Å². The zero-order valence-electron chi connectivity index (χ0n) is 14.8. The van der Waals surface area contributed by atoms with E-state index in [0.717, 1.165) is 40.6 Å². The predicted molar refractivity (Wildman–Crippen MR) is 98.9 cm³/mol. The third-order valence-electron chi connectivity index (χ3n) is 6.05. The molecule has 0 spiro atoms. The number of aromatic nitrogens is 1. The maximum atomic E-state index is 5.53. The molecule has 4 unspecified atom stereocenters. The summed E-state index contributed by atoms with van der Waals surface area (Å²) in [6, 6.07) is 6.23. The fourth-order valence-electron chi connectivity index (χ4n) is 5.23. The minimum absolute atomic E-state index is 0.323. The Balaban J connectivity index is 1.45. The minimum atomic E-state index is 0.323. The van der Waals surface area contributed by atoms with Gasteiger partial charge in [0, 0.05) is 18.2 Å². The molecule has 2 bridgehead atoms. The van der Waals surface area contributed by atoms with Crippen LogP contribution < -0.4 is 5.32 Å². The lowest BCUT2D eigenvalue weighted by molar-refractivity contribution is 0.0471. The van der Waals surface area contributed by atoms with Crippen molar-refractivity contribution < 1.29 is 4.52 Å². The Labute approximate surface area is 148 Å². The van der Waals surface area contributed by atoms with Gasteiger partial charge in [0.2, 0.25) is 0 Å². The van der Waals surface area contributed by atoms with E-state index in [1.165, 1.54) is 38.5 Å². The molecule has 2 aliphatic carbocycles. The number of thiophene rings is 1. The van der Waals surface area contributed by atoms with Crippen LogP contribution in [0, 0.1) is 17.8 Å². The first-order chi connectivity index (χ1) is 11.7. The van der Waals surface area contributed by atoms with Crippen molar-refractivity contribution in [1.82, 2.24) is 10.5 Å². The topological polar surface area (TPSA) is 38.1 Å². The van der Waals surface area contributed by atoms with Crippen molar-refractivity contribution in [3.63, 3.8) is 0 Å². The van der Waals surface area contributed by atoms with E-state index in [4.69, 9.17) is 4.52 Å². The molecule has 4 rings (SSSR count). The molecule has 2 aliphatic rings. The van der Waals surface area contributed by atoms with Gasteiger partial charge < -0.3 is 9.84 Å². The fourth-order valence-corrected chi connectivity index (χ4v) is 5.90. The Morgan fingerprint density at radius 3 is 3.04 bits per heavy atom. The first-order valence-corrected chi connectivity index (χ1v) is 10.3. The summed E-state index contributed by atoms with van der Waals surface area (Å²) in [6.45, 7) is 5.61. The second kappa shape index (κ2) is 6.64. The number of nitrogens with zero attached hydrogens (tertiary/aromatic N) is 1. The molecule has 2 saturated carbocycles. The van der Waals surface area contributed by atoms with Crippen molar-refractivity contribution in [2.75, 3.05) is 0 Å². The first-order valence-electron chi connectivity index (χ1n) is 9.40. The van der Waals surface area contributed by atoms with E-state index in [1.54, 1.807) is 11.3 Å².